The van der Waals surface area contributed by atoms with E-state index in [0.29, 0.717) is 5.02 Å². The molecule has 0 radical (unpaired) electrons. The van der Waals surface area contributed by atoms with E-state index in [4.69, 9.17) is 17.3 Å². The molecule has 3 N–H and O–H groups in total. The highest BCUT2D eigenvalue weighted by atomic mass is 35.5. The standard InChI is InChI=1S/C14H12ClN3/c1-8-6-9(2-4-11(8)16)14-17-12-5-3-10(15)7-13(12)18-14/h2-7H,16H2,1H3,(H,17,18). The van der Waals surface area contributed by atoms with Crippen LogP contribution in [0.15, 0.2) is 36.4 Å². The molecule has 0 unspecified atom stereocenters. The van der Waals surface area contributed by atoms with Crippen molar-refractivity contribution >= 4 is 28.3 Å². The van der Waals surface area contributed by atoms with Crippen molar-refractivity contribution < 1.29 is 0 Å². The molecule has 0 aliphatic rings. The third-order valence-electron chi connectivity index (χ3n) is 2.99. The Morgan fingerprint density at radius 1 is 1.17 bits per heavy atom. The second kappa shape index (κ2) is 4.03. The maximum absolute atomic E-state index is 5.96. The van der Waals surface area contributed by atoms with Gasteiger partial charge in [0.2, 0.25) is 0 Å². The van der Waals surface area contributed by atoms with Crippen LogP contribution in [0.25, 0.3) is 22.4 Å². The van der Waals surface area contributed by atoms with Crippen LogP contribution in [-0.2, 0) is 0 Å². The van der Waals surface area contributed by atoms with E-state index < -0.39 is 0 Å². The molecule has 0 amide bonds. The second-order valence-corrected chi connectivity index (χ2v) is 4.75. The van der Waals surface area contributed by atoms with Crippen LogP contribution in [0.1, 0.15) is 5.56 Å². The van der Waals surface area contributed by atoms with Gasteiger partial charge in [-0.2, -0.15) is 0 Å². The molecule has 2 aromatic carbocycles. The maximum atomic E-state index is 5.96. The molecule has 0 bridgehead atoms. The summed E-state index contributed by atoms with van der Waals surface area (Å²) in [7, 11) is 0. The summed E-state index contributed by atoms with van der Waals surface area (Å²) in [6.45, 7) is 1.98. The largest absolute Gasteiger partial charge is 0.399 e. The highest BCUT2D eigenvalue weighted by molar-refractivity contribution is 6.31. The predicted octanol–water partition coefficient (Wildman–Crippen LogP) is 3.77. The van der Waals surface area contributed by atoms with Crippen LogP contribution in [0.2, 0.25) is 5.02 Å². The molecule has 3 nitrogen and oxygen atoms in total. The van der Waals surface area contributed by atoms with Crippen molar-refractivity contribution in [2.24, 2.45) is 0 Å². The quantitative estimate of drug-likeness (QED) is 0.652. The van der Waals surface area contributed by atoms with Gasteiger partial charge in [-0.3, -0.25) is 0 Å². The van der Waals surface area contributed by atoms with E-state index in [-0.39, 0.29) is 0 Å². The number of nitrogens with two attached hydrogens (primary N) is 1. The number of anilines is 1. The Labute approximate surface area is 110 Å². The van der Waals surface area contributed by atoms with E-state index in [2.05, 4.69) is 9.97 Å². The highest BCUT2D eigenvalue weighted by Gasteiger charge is 2.06. The van der Waals surface area contributed by atoms with Gasteiger partial charge >= 0.3 is 0 Å². The molecule has 3 aromatic rings. The first-order chi connectivity index (χ1) is 8.63. The third-order valence-corrected chi connectivity index (χ3v) is 3.22. The molecule has 4 heteroatoms. The average Bonchev–Trinajstić information content (AvgIpc) is 2.75. The number of aromatic nitrogens is 2. The molecule has 0 fully saturated rings. The van der Waals surface area contributed by atoms with Crippen LogP contribution in [0.4, 0.5) is 5.69 Å². The summed E-state index contributed by atoms with van der Waals surface area (Å²) in [6, 6.07) is 11.5. The van der Waals surface area contributed by atoms with Crippen LogP contribution < -0.4 is 5.73 Å². The van der Waals surface area contributed by atoms with E-state index in [9.17, 15) is 0 Å². The highest BCUT2D eigenvalue weighted by Crippen LogP contribution is 2.25. The number of hydrogen-bond donors (Lipinski definition) is 2. The number of aromatic amines is 1. The number of nitrogens with one attached hydrogen (secondary N) is 1. The number of aryl methyl sites for hydroxylation is 1. The summed E-state index contributed by atoms with van der Waals surface area (Å²) < 4.78 is 0. The van der Waals surface area contributed by atoms with Crippen molar-refractivity contribution in [1.29, 1.82) is 0 Å². The number of imidazole rings is 1. The minimum Gasteiger partial charge on any atom is -0.399 e. The molecule has 0 aliphatic heterocycles. The minimum atomic E-state index is 0.700. The zero-order chi connectivity index (χ0) is 12.7. The maximum Gasteiger partial charge on any atom is 0.138 e. The summed E-state index contributed by atoms with van der Waals surface area (Å²) in [5.41, 5.74) is 10.5. The van der Waals surface area contributed by atoms with E-state index in [1.165, 1.54) is 0 Å². The van der Waals surface area contributed by atoms with Gasteiger partial charge in [-0.1, -0.05) is 11.6 Å². The first-order valence-corrected chi connectivity index (χ1v) is 6.03. The lowest BCUT2D eigenvalue weighted by Crippen LogP contribution is -1.90. The van der Waals surface area contributed by atoms with Crippen LogP contribution in [0.5, 0.6) is 0 Å². The fraction of sp³-hybridized carbons (Fsp3) is 0.0714. The first kappa shape index (κ1) is 11.1. The van der Waals surface area contributed by atoms with Crippen molar-refractivity contribution in [2.45, 2.75) is 6.92 Å². The molecule has 1 aromatic heterocycles. The van der Waals surface area contributed by atoms with Gasteiger partial charge in [0.05, 0.1) is 11.0 Å². The summed E-state index contributed by atoms with van der Waals surface area (Å²) in [4.78, 5) is 7.80. The molecule has 18 heavy (non-hydrogen) atoms. The molecule has 0 aliphatic carbocycles. The molecule has 3 rings (SSSR count). The number of hydrogen-bond acceptors (Lipinski definition) is 2. The molecule has 0 spiro atoms. The van der Waals surface area contributed by atoms with Gasteiger partial charge in [0, 0.05) is 16.3 Å². The smallest absolute Gasteiger partial charge is 0.138 e. The molecule has 0 saturated carbocycles. The number of rotatable bonds is 1. The number of fused-ring (bicyclic) bond motifs is 1. The minimum absolute atomic E-state index is 0.700. The monoisotopic (exact) mass is 257 g/mol. The predicted molar refractivity (Wildman–Crippen MR) is 75.7 cm³/mol. The topological polar surface area (TPSA) is 54.7 Å². The zero-order valence-corrected chi connectivity index (χ0v) is 10.6. The number of H-pyrrole nitrogens is 1. The zero-order valence-electron chi connectivity index (χ0n) is 9.87. The second-order valence-electron chi connectivity index (χ2n) is 4.32. The number of nitrogens with zero attached hydrogens (tertiary/aromatic N) is 1. The van der Waals surface area contributed by atoms with Crippen LogP contribution in [0, 0.1) is 6.92 Å². The number of benzene rings is 2. The van der Waals surface area contributed by atoms with Crippen molar-refractivity contribution in [1.82, 2.24) is 9.97 Å². The van der Waals surface area contributed by atoms with E-state index in [0.717, 1.165) is 33.7 Å². The Morgan fingerprint density at radius 2 is 2.00 bits per heavy atom. The lowest BCUT2D eigenvalue weighted by atomic mass is 10.1. The van der Waals surface area contributed by atoms with Crippen LogP contribution in [-0.4, -0.2) is 9.97 Å². The van der Waals surface area contributed by atoms with Gasteiger partial charge in [0.1, 0.15) is 5.82 Å². The first-order valence-electron chi connectivity index (χ1n) is 5.65. The van der Waals surface area contributed by atoms with Gasteiger partial charge in [-0.05, 0) is 48.9 Å². The SMILES string of the molecule is Cc1cc(-c2nc3ccc(Cl)cc3[nH]2)ccc1N. The van der Waals surface area contributed by atoms with Crippen molar-refractivity contribution in [2.75, 3.05) is 5.73 Å². The van der Waals surface area contributed by atoms with E-state index in [1.807, 2.05) is 43.3 Å². The average molecular weight is 258 g/mol. The molecule has 0 saturated heterocycles. The van der Waals surface area contributed by atoms with Crippen molar-refractivity contribution in [3.05, 3.63) is 47.0 Å². The van der Waals surface area contributed by atoms with Crippen LogP contribution >= 0.6 is 11.6 Å². The van der Waals surface area contributed by atoms with Gasteiger partial charge in [-0.15, -0.1) is 0 Å². The summed E-state index contributed by atoms with van der Waals surface area (Å²) in [6.07, 6.45) is 0. The normalized spacial score (nSPS) is 11.0. The Morgan fingerprint density at radius 3 is 2.78 bits per heavy atom. The Hall–Kier alpha value is -2.00. The molecule has 1 heterocycles. The number of nitrogen functional groups attached to an aromatic ring is 1. The molecular weight excluding hydrogens is 246 g/mol. The summed E-state index contributed by atoms with van der Waals surface area (Å²) in [5.74, 6) is 0.829. The lowest BCUT2D eigenvalue weighted by Gasteiger charge is -2.01. The summed E-state index contributed by atoms with van der Waals surface area (Å²) in [5, 5.41) is 0.700. The van der Waals surface area contributed by atoms with Crippen molar-refractivity contribution in [3.63, 3.8) is 0 Å². The van der Waals surface area contributed by atoms with Crippen LogP contribution in [0.3, 0.4) is 0 Å². The van der Waals surface area contributed by atoms with Gasteiger partial charge in [0.15, 0.2) is 0 Å². The third kappa shape index (κ3) is 1.83. The van der Waals surface area contributed by atoms with Gasteiger partial charge in [-0.25, -0.2) is 4.98 Å². The lowest BCUT2D eigenvalue weighted by molar-refractivity contribution is 1.32. The van der Waals surface area contributed by atoms with E-state index >= 15 is 0 Å². The van der Waals surface area contributed by atoms with Gasteiger partial charge in [0.25, 0.3) is 0 Å². The molecule has 90 valence electrons. The Balaban J connectivity index is 2.16. The number of halogens is 1. The fourth-order valence-corrected chi connectivity index (χ4v) is 2.11. The van der Waals surface area contributed by atoms with Gasteiger partial charge < -0.3 is 10.7 Å². The molecule has 0 atom stereocenters. The van der Waals surface area contributed by atoms with E-state index in [1.54, 1.807) is 0 Å². The molecular formula is C14H12ClN3. The fourth-order valence-electron chi connectivity index (χ4n) is 1.94. The Bertz CT molecular complexity index is 731. The summed E-state index contributed by atoms with van der Waals surface area (Å²) >= 11 is 5.96. The Kier molecular flexibility index (Phi) is 2.49. The van der Waals surface area contributed by atoms with Crippen molar-refractivity contribution in [3.8, 4) is 11.4 Å².